The number of hydrogen-bond donors (Lipinski definition) is 0. The van der Waals surface area contributed by atoms with Crippen LogP contribution in [0.15, 0.2) is 60.4 Å². The van der Waals surface area contributed by atoms with E-state index < -0.39 is 6.09 Å². The van der Waals surface area contributed by atoms with Crippen LogP contribution in [0.5, 0.6) is 17.2 Å². The molecule has 0 N–H and O–H groups in total. The zero-order valence-electron chi connectivity index (χ0n) is 16.5. The summed E-state index contributed by atoms with van der Waals surface area (Å²) in [4.78, 5) is 26.4. The first kappa shape index (κ1) is 19.7. The molecule has 2 aromatic rings. The average molecular weight is 407 g/mol. The quantitative estimate of drug-likeness (QED) is 0.720. The molecule has 2 aliphatic heterocycles. The van der Waals surface area contributed by atoms with E-state index in [2.05, 4.69) is 0 Å². The minimum absolute atomic E-state index is 0.202. The summed E-state index contributed by atoms with van der Waals surface area (Å²) in [5, 5.41) is 0. The fourth-order valence-electron chi connectivity index (χ4n) is 3.20. The summed E-state index contributed by atoms with van der Waals surface area (Å²) >= 11 is 0. The molecule has 0 bridgehead atoms. The standard InChI is InChI=1S/C23H21NO6/c1-27-19-7-3-2-5-16(19)6-4-8-20-22(25)18-10-9-17(15-21(18)30-20)29-23(26)24-11-13-28-14-12-24/h2-10,15H,11-14H2,1H3/b6-4+,20-8-. The fourth-order valence-corrected chi connectivity index (χ4v) is 3.20. The predicted octanol–water partition coefficient (Wildman–Crippen LogP) is 3.70. The number of carbonyl (C=O) groups is 2. The van der Waals surface area contributed by atoms with Gasteiger partial charge in [0.15, 0.2) is 5.76 Å². The summed E-state index contributed by atoms with van der Waals surface area (Å²) in [6, 6.07) is 12.3. The molecule has 0 aromatic heterocycles. The maximum atomic E-state index is 12.6. The Morgan fingerprint density at radius 3 is 2.73 bits per heavy atom. The zero-order chi connectivity index (χ0) is 20.9. The van der Waals surface area contributed by atoms with Crippen LogP contribution in [0.4, 0.5) is 4.79 Å². The van der Waals surface area contributed by atoms with Gasteiger partial charge in [-0.05, 0) is 24.3 Å². The lowest BCUT2D eigenvalue weighted by Gasteiger charge is -2.25. The van der Waals surface area contributed by atoms with Crippen LogP contribution in [-0.4, -0.2) is 50.2 Å². The van der Waals surface area contributed by atoms with Crippen molar-refractivity contribution in [3.8, 4) is 17.2 Å². The smallest absolute Gasteiger partial charge is 0.415 e. The number of para-hydroxylation sites is 1. The van der Waals surface area contributed by atoms with E-state index in [1.165, 1.54) is 0 Å². The molecule has 154 valence electrons. The molecule has 7 nitrogen and oxygen atoms in total. The van der Waals surface area contributed by atoms with E-state index in [4.69, 9.17) is 18.9 Å². The molecule has 0 saturated carbocycles. The van der Waals surface area contributed by atoms with E-state index in [1.54, 1.807) is 42.4 Å². The number of benzene rings is 2. The van der Waals surface area contributed by atoms with Gasteiger partial charge in [0.25, 0.3) is 0 Å². The third-order valence-electron chi connectivity index (χ3n) is 4.78. The molecule has 2 aromatic carbocycles. The average Bonchev–Trinajstić information content (AvgIpc) is 3.09. The van der Waals surface area contributed by atoms with Crippen molar-refractivity contribution in [2.45, 2.75) is 0 Å². The van der Waals surface area contributed by atoms with Crippen LogP contribution in [0.3, 0.4) is 0 Å². The summed E-state index contributed by atoms with van der Waals surface area (Å²) in [5.41, 5.74) is 1.32. The summed E-state index contributed by atoms with van der Waals surface area (Å²) in [7, 11) is 1.61. The number of nitrogens with zero attached hydrogens (tertiary/aromatic N) is 1. The Morgan fingerprint density at radius 2 is 1.93 bits per heavy atom. The van der Waals surface area contributed by atoms with Gasteiger partial charge in [0.05, 0.1) is 25.9 Å². The first-order chi connectivity index (χ1) is 14.7. The second kappa shape index (κ2) is 8.84. The van der Waals surface area contributed by atoms with E-state index in [0.717, 1.165) is 11.3 Å². The summed E-state index contributed by atoms with van der Waals surface area (Å²) in [6.45, 7) is 1.97. The second-order valence-corrected chi connectivity index (χ2v) is 6.69. The van der Waals surface area contributed by atoms with Crippen LogP contribution in [0.25, 0.3) is 6.08 Å². The Hall–Kier alpha value is -3.58. The number of rotatable bonds is 4. The van der Waals surface area contributed by atoms with Gasteiger partial charge in [-0.3, -0.25) is 4.79 Å². The van der Waals surface area contributed by atoms with E-state index >= 15 is 0 Å². The van der Waals surface area contributed by atoms with Gasteiger partial charge in [-0.2, -0.15) is 0 Å². The van der Waals surface area contributed by atoms with Crippen LogP contribution in [0.2, 0.25) is 0 Å². The number of amides is 1. The number of Topliss-reactive ketones (excluding diaryl/α,β-unsaturated/α-hetero) is 1. The van der Waals surface area contributed by atoms with E-state index in [-0.39, 0.29) is 11.5 Å². The Kier molecular flexibility index (Phi) is 5.81. The molecular weight excluding hydrogens is 386 g/mol. The van der Waals surface area contributed by atoms with Crippen molar-refractivity contribution in [3.63, 3.8) is 0 Å². The van der Waals surface area contributed by atoms with Gasteiger partial charge in [-0.15, -0.1) is 0 Å². The largest absolute Gasteiger partial charge is 0.496 e. The van der Waals surface area contributed by atoms with Gasteiger partial charge in [-0.25, -0.2) is 4.79 Å². The van der Waals surface area contributed by atoms with E-state index in [0.29, 0.717) is 43.4 Å². The lowest BCUT2D eigenvalue weighted by Crippen LogP contribution is -2.42. The lowest BCUT2D eigenvalue weighted by atomic mass is 10.1. The topological polar surface area (TPSA) is 74.3 Å². The molecule has 1 fully saturated rings. The minimum atomic E-state index is -0.446. The van der Waals surface area contributed by atoms with Crippen LogP contribution in [-0.2, 0) is 4.74 Å². The molecule has 30 heavy (non-hydrogen) atoms. The van der Waals surface area contributed by atoms with Gasteiger partial charge in [0.2, 0.25) is 5.78 Å². The van der Waals surface area contributed by atoms with Gasteiger partial charge < -0.3 is 23.8 Å². The van der Waals surface area contributed by atoms with Crippen molar-refractivity contribution < 1.29 is 28.5 Å². The number of methoxy groups -OCH3 is 1. The number of hydrogen-bond acceptors (Lipinski definition) is 6. The normalized spacial score (nSPS) is 17.2. The van der Waals surface area contributed by atoms with Crippen molar-refractivity contribution in [2.24, 2.45) is 0 Å². The molecule has 0 radical (unpaired) electrons. The molecule has 7 heteroatoms. The Morgan fingerprint density at radius 1 is 1.13 bits per heavy atom. The van der Waals surface area contributed by atoms with E-state index in [9.17, 15) is 9.59 Å². The van der Waals surface area contributed by atoms with Crippen molar-refractivity contribution in [1.29, 1.82) is 0 Å². The van der Waals surface area contributed by atoms with Gasteiger partial charge in [0.1, 0.15) is 17.2 Å². The van der Waals surface area contributed by atoms with Crippen molar-refractivity contribution in [3.05, 3.63) is 71.5 Å². The van der Waals surface area contributed by atoms with Crippen molar-refractivity contribution >= 4 is 18.0 Å². The highest BCUT2D eigenvalue weighted by Gasteiger charge is 2.28. The highest BCUT2D eigenvalue weighted by Crippen LogP contribution is 2.34. The molecule has 4 rings (SSSR count). The second-order valence-electron chi connectivity index (χ2n) is 6.69. The monoisotopic (exact) mass is 407 g/mol. The number of carbonyl (C=O) groups excluding carboxylic acids is 2. The van der Waals surface area contributed by atoms with Crippen LogP contribution >= 0.6 is 0 Å². The first-order valence-electron chi connectivity index (χ1n) is 9.58. The van der Waals surface area contributed by atoms with E-state index in [1.807, 2.05) is 30.3 Å². The predicted molar refractivity (Wildman–Crippen MR) is 110 cm³/mol. The van der Waals surface area contributed by atoms with Gasteiger partial charge >= 0.3 is 6.09 Å². The highest BCUT2D eigenvalue weighted by molar-refractivity contribution is 6.12. The lowest BCUT2D eigenvalue weighted by molar-refractivity contribution is 0.0416. The molecule has 0 unspecified atom stereocenters. The maximum absolute atomic E-state index is 12.6. The first-order valence-corrected chi connectivity index (χ1v) is 9.58. The molecule has 0 spiro atoms. The molecule has 1 amide bonds. The summed E-state index contributed by atoms with van der Waals surface area (Å²) in [5.74, 6) is 1.41. The zero-order valence-corrected chi connectivity index (χ0v) is 16.5. The Bertz CT molecular complexity index is 1020. The summed E-state index contributed by atoms with van der Waals surface area (Å²) < 4.78 is 21.6. The SMILES string of the molecule is COc1ccccc1/C=C/C=C1\Oc2cc(OC(=O)N3CCOCC3)ccc2C1=O. The molecular formula is C23H21NO6. The molecule has 0 aliphatic carbocycles. The molecule has 1 saturated heterocycles. The number of ketones is 1. The summed E-state index contributed by atoms with van der Waals surface area (Å²) in [6.07, 6.45) is 4.73. The number of allylic oxidation sites excluding steroid dienone is 3. The molecule has 0 atom stereocenters. The van der Waals surface area contributed by atoms with Gasteiger partial charge in [0, 0.05) is 24.7 Å². The Labute approximate surface area is 174 Å². The Balaban J connectivity index is 1.45. The molecule has 2 heterocycles. The van der Waals surface area contributed by atoms with Crippen LogP contribution in [0, 0.1) is 0 Å². The fraction of sp³-hybridized carbons (Fsp3) is 0.217. The third-order valence-corrected chi connectivity index (χ3v) is 4.78. The van der Waals surface area contributed by atoms with Crippen LogP contribution in [0.1, 0.15) is 15.9 Å². The third kappa shape index (κ3) is 4.21. The number of ether oxygens (including phenoxy) is 4. The maximum Gasteiger partial charge on any atom is 0.415 e. The number of fused-ring (bicyclic) bond motifs is 1. The minimum Gasteiger partial charge on any atom is -0.496 e. The van der Waals surface area contributed by atoms with Crippen LogP contribution < -0.4 is 14.2 Å². The van der Waals surface area contributed by atoms with Crippen molar-refractivity contribution in [1.82, 2.24) is 4.90 Å². The highest BCUT2D eigenvalue weighted by atomic mass is 16.6. The molecule has 2 aliphatic rings. The van der Waals surface area contributed by atoms with Gasteiger partial charge in [-0.1, -0.05) is 30.4 Å². The number of morpholine rings is 1. The van der Waals surface area contributed by atoms with Crippen molar-refractivity contribution in [2.75, 3.05) is 33.4 Å².